The monoisotopic (exact) mass is 485 g/mol. The van der Waals surface area contributed by atoms with E-state index in [4.69, 9.17) is 4.74 Å². The molecule has 2 rings (SSSR count). The molecule has 0 heterocycles. The number of ether oxygens (including phenoxy) is 1. The first-order valence-electron chi connectivity index (χ1n) is 7.15. The van der Waals surface area contributed by atoms with Gasteiger partial charge in [-0.3, -0.25) is 14.9 Å². The largest absolute Gasteiger partial charge is 0.507 e. The fourth-order valence-electron chi connectivity index (χ4n) is 1.97. The minimum atomic E-state index is -0.596. The highest BCUT2D eigenvalue weighted by Crippen LogP contribution is 2.32. The van der Waals surface area contributed by atoms with Crippen LogP contribution in [0.2, 0.25) is 0 Å². The number of halogens is 2. The van der Waals surface area contributed by atoms with E-state index < -0.39 is 10.8 Å². The normalized spacial score (nSPS) is 10.7. The van der Waals surface area contributed by atoms with Crippen LogP contribution in [-0.2, 0) is 4.79 Å². The Morgan fingerprint density at radius 2 is 2.12 bits per heavy atom. The van der Waals surface area contributed by atoms with Gasteiger partial charge >= 0.3 is 0 Å². The van der Waals surface area contributed by atoms with Crippen LogP contribution < -0.4 is 10.2 Å². The second-order valence-electron chi connectivity index (χ2n) is 5.12. The smallest absolute Gasteiger partial charge is 0.277 e. The van der Waals surface area contributed by atoms with Crippen molar-refractivity contribution in [3.05, 3.63) is 60.5 Å². The molecule has 0 saturated carbocycles. The number of aromatic hydroxyl groups is 1. The van der Waals surface area contributed by atoms with Crippen molar-refractivity contribution < 1.29 is 19.6 Å². The fraction of sp³-hybridized carbons (Fsp3) is 0.125. The number of non-ortho nitro benzene ring substituents is 1. The van der Waals surface area contributed by atoms with E-state index in [1.54, 1.807) is 6.07 Å². The minimum absolute atomic E-state index is 0.104. The summed E-state index contributed by atoms with van der Waals surface area (Å²) in [7, 11) is 0. The van der Waals surface area contributed by atoms with Crippen molar-refractivity contribution in [2.24, 2.45) is 5.10 Å². The van der Waals surface area contributed by atoms with Gasteiger partial charge in [0.15, 0.2) is 6.61 Å². The van der Waals surface area contributed by atoms with E-state index in [0.717, 1.165) is 28.4 Å². The molecule has 0 fully saturated rings. The van der Waals surface area contributed by atoms with Crippen LogP contribution in [0.5, 0.6) is 11.5 Å². The third-order valence-electron chi connectivity index (χ3n) is 3.16. The molecule has 0 aliphatic heterocycles. The molecule has 0 spiro atoms. The van der Waals surface area contributed by atoms with Crippen LogP contribution >= 0.6 is 31.9 Å². The lowest BCUT2D eigenvalue weighted by atomic mass is 10.2. The van der Waals surface area contributed by atoms with Gasteiger partial charge in [-0.05, 0) is 46.6 Å². The molecular weight excluding hydrogens is 474 g/mol. The Balaban J connectivity index is 1.96. The lowest BCUT2D eigenvalue weighted by Crippen LogP contribution is -2.24. The van der Waals surface area contributed by atoms with Crippen LogP contribution in [0.3, 0.4) is 0 Å². The summed E-state index contributed by atoms with van der Waals surface area (Å²) < 4.78 is 7.04. The van der Waals surface area contributed by atoms with Crippen molar-refractivity contribution >= 4 is 49.7 Å². The molecule has 0 saturated heterocycles. The molecule has 0 atom stereocenters. The number of hydrogen-bond acceptors (Lipinski definition) is 6. The number of benzene rings is 2. The number of phenolic OH excluding ortho intramolecular Hbond substituents is 1. The summed E-state index contributed by atoms with van der Waals surface area (Å²) in [5.41, 5.74) is 2.97. The average Bonchev–Trinajstić information content (AvgIpc) is 2.55. The minimum Gasteiger partial charge on any atom is -0.507 e. The lowest BCUT2D eigenvalue weighted by Gasteiger charge is -2.10. The number of hydrogen-bond donors (Lipinski definition) is 2. The van der Waals surface area contributed by atoms with E-state index in [9.17, 15) is 20.0 Å². The molecule has 2 aromatic rings. The molecule has 0 aliphatic carbocycles. The maximum Gasteiger partial charge on any atom is 0.277 e. The van der Waals surface area contributed by atoms with Gasteiger partial charge in [0.2, 0.25) is 0 Å². The third kappa shape index (κ3) is 5.27. The Bertz CT molecular complexity index is 863. The predicted octanol–water partition coefficient (Wildman–Crippen LogP) is 3.66. The Hall–Kier alpha value is -2.46. The van der Waals surface area contributed by atoms with Crippen molar-refractivity contribution in [1.82, 2.24) is 5.43 Å². The highest BCUT2D eigenvalue weighted by Gasteiger charge is 2.10. The number of carbonyl (C=O) groups is 1. The van der Waals surface area contributed by atoms with E-state index >= 15 is 0 Å². The van der Waals surface area contributed by atoms with Crippen molar-refractivity contribution in [1.29, 1.82) is 0 Å². The van der Waals surface area contributed by atoms with Crippen molar-refractivity contribution in [3.63, 3.8) is 0 Å². The molecule has 0 radical (unpaired) electrons. The maximum atomic E-state index is 11.8. The molecule has 1 amide bonds. The molecular formula is C16H13Br2N3O5. The first kappa shape index (κ1) is 19.9. The number of nitro groups is 1. The SMILES string of the molecule is Cc1cc(Br)cc(Br)c1OCC(=O)NN=Cc1cc([N+](=O)[O-])ccc1O. The Morgan fingerprint density at radius 1 is 1.38 bits per heavy atom. The first-order chi connectivity index (χ1) is 12.3. The topological polar surface area (TPSA) is 114 Å². The van der Waals surface area contributed by atoms with Crippen molar-refractivity contribution in [2.45, 2.75) is 6.92 Å². The third-order valence-corrected chi connectivity index (χ3v) is 4.20. The number of nitrogens with zero attached hydrogens (tertiary/aromatic N) is 2. The molecule has 0 bridgehead atoms. The van der Waals surface area contributed by atoms with Gasteiger partial charge in [-0.1, -0.05) is 15.9 Å². The Kier molecular flexibility index (Phi) is 6.70. The van der Waals surface area contributed by atoms with Gasteiger partial charge < -0.3 is 9.84 Å². The lowest BCUT2D eigenvalue weighted by molar-refractivity contribution is -0.384. The zero-order valence-electron chi connectivity index (χ0n) is 13.4. The Labute approximate surface area is 165 Å². The van der Waals surface area contributed by atoms with Gasteiger partial charge in [-0.25, -0.2) is 5.43 Å². The van der Waals surface area contributed by atoms with Gasteiger partial charge in [-0.15, -0.1) is 0 Å². The predicted molar refractivity (Wildman–Crippen MR) is 103 cm³/mol. The van der Waals surface area contributed by atoms with E-state index in [2.05, 4.69) is 42.4 Å². The van der Waals surface area contributed by atoms with Crippen LogP contribution in [0.1, 0.15) is 11.1 Å². The highest BCUT2D eigenvalue weighted by atomic mass is 79.9. The zero-order valence-corrected chi connectivity index (χ0v) is 16.6. The molecule has 0 aliphatic rings. The van der Waals surface area contributed by atoms with E-state index in [1.807, 2.05) is 13.0 Å². The summed E-state index contributed by atoms with van der Waals surface area (Å²) in [6, 6.07) is 7.13. The molecule has 0 unspecified atom stereocenters. The number of amides is 1. The van der Waals surface area contributed by atoms with E-state index in [-0.39, 0.29) is 23.6 Å². The molecule has 136 valence electrons. The average molecular weight is 487 g/mol. The summed E-state index contributed by atoms with van der Waals surface area (Å²) in [6.07, 6.45) is 1.11. The zero-order chi connectivity index (χ0) is 19.3. The van der Waals surface area contributed by atoms with Crippen molar-refractivity contribution in [2.75, 3.05) is 6.61 Å². The second-order valence-corrected chi connectivity index (χ2v) is 6.89. The van der Waals surface area contributed by atoms with Crippen molar-refractivity contribution in [3.8, 4) is 11.5 Å². The van der Waals surface area contributed by atoms with Gasteiger partial charge in [0.05, 0.1) is 15.6 Å². The van der Waals surface area contributed by atoms with E-state index in [0.29, 0.717) is 10.2 Å². The summed E-state index contributed by atoms with van der Waals surface area (Å²) in [5, 5.41) is 24.1. The molecule has 8 nitrogen and oxygen atoms in total. The number of phenols is 1. The van der Waals surface area contributed by atoms with Crippen LogP contribution in [-0.4, -0.2) is 28.8 Å². The van der Waals surface area contributed by atoms with Crippen LogP contribution in [0.4, 0.5) is 5.69 Å². The van der Waals surface area contributed by atoms with Gasteiger partial charge in [-0.2, -0.15) is 5.10 Å². The van der Waals surface area contributed by atoms with Crippen LogP contribution in [0, 0.1) is 17.0 Å². The number of nitrogens with one attached hydrogen (secondary N) is 1. The summed E-state index contributed by atoms with van der Waals surface area (Å²) in [5.74, 6) is -0.191. The quantitative estimate of drug-likeness (QED) is 0.367. The first-order valence-corrected chi connectivity index (χ1v) is 8.74. The standard InChI is InChI=1S/C16H13Br2N3O5/c1-9-4-11(17)6-13(18)16(9)26-8-15(23)20-19-7-10-5-12(21(24)25)2-3-14(10)22/h2-7,22H,8H2,1H3,(H,20,23). The van der Waals surface area contributed by atoms with Crippen LogP contribution in [0.25, 0.3) is 0 Å². The van der Waals surface area contributed by atoms with Gasteiger partial charge in [0.25, 0.3) is 11.6 Å². The number of aryl methyl sites for hydroxylation is 1. The number of carbonyl (C=O) groups excluding carboxylic acids is 1. The van der Waals surface area contributed by atoms with Gasteiger partial charge in [0.1, 0.15) is 11.5 Å². The molecule has 2 N–H and O–H groups in total. The molecule has 10 heteroatoms. The fourth-order valence-corrected chi connectivity index (χ4v) is 3.53. The van der Waals surface area contributed by atoms with Crippen LogP contribution in [0.15, 0.2) is 44.4 Å². The summed E-state index contributed by atoms with van der Waals surface area (Å²) in [4.78, 5) is 21.9. The Morgan fingerprint density at radius 3 is 2.77 bits per heavy atom. The molecule has 2 aromatic carbocycles. The molecule has 0 aromatic heterocycles. The van der Waals surface area contributed by atoms with E-state index in [1.165, 1.54) is 6.07 Å². The second kappa shape index (κ2) is 8.77. The number of nitro benzene ring substituents is 1. The molecule has 26 heavy (non-hydrogen) atoms. The van der Waals surface area contributed by atoms with Gasteiger partial charge in [0, 0.05) is 22.2 Å². The summed E-state index contributed by atoms with van der Waals surface area (Å²) in [6.45, 7) is 1.56. The maximum absolute atomic E-state index is 11.8. The number of rotatable bonds is 6. The summed E-state index contributed by atoms with van der Waals surface area (Å²) >= 11 is 6.72. The highest BCUT2D eigenvalue weighted by molar-refractivity contribution is 9.11. The number of hydrazone groups is 1.